The van der Waals surface area contributed by atoms with Gasteiger partial charge in [-0.15, -0.1) is 22.7 Å². The van der Waals surface area contributed by atoms with Crippen molar-refractivity contribution in [1.82, 2.24) is 4.98 Å². The van der Waals surface area contributed by atoms with Crippen molar-refractivity contribution in [2.75, 3.05) is 4.90 Å². The van der Waals surface area contributed by atoms with Crippen molar-refractivity contribution in [3.05, 3.63) is 158 Å². The summed E-state index contributed by atoms with van der Waals surface area (Å²) in [4.78, 5) is 7.32. The van der Waals surface area contributed by atoms with Crippen LogP contribution in [0.1, 0.15) is 0 Å². The van der Waals surface area contributed by atoms with E-state index in [-0.39, 0.29) is 0 Å². The Balaban J connectivity index is 1.18. The van der Waals surface area contributed by atoms with Gasteiger partial charge in [0, 0.05) is 68.4 Å². The molecule has 0 radical (unpaired) electrons. The van der Waals surface area contributed by atoms with Crippen molar-refractivity contribution >= 4 is 113 Å². The molecule has 0 bridgehead atoms. The average molecular weight is 675 g/mol. The van der Waals surface area contributed by atoms with Gasteiger partial charge in [-0.1, -0.05) is 78.9 Å². The standard InChI is InChI=1S/C45H26N2OS2/c1-2-8-29(9-3-1)45-46-38-21-17-28-15-14-27-16-18-30(24-35(27)43(28)44(38)48-45)47(31-19-22-41-36(25-31)33-10-4-6-12-39(33)49-41)32-20-23-42-37(26-32)34-11-5-7-13-40(34)50-42/h1-26H. The number of rotatable bonds is 4. The van der Waals surface area contributed by atoms with Crippen LogP contribution in [0.3, 0.4) is 0 Å². The lowest BCUT2D eigenvalue weighted by Gasteiger charge is -2.26. The van der Waals surface area contributed by atoms with Crippen LogP contribution in [0.5, 0.6) is 0 Å². The van der Waals surface area contributed by atoms with Crippen molar-refractivity contribution in [2.24, 2.45) is 0 Å². The Morgan fingerprint density at radius 3 is 1.64 bits per heavy atom. The van der Waals surface area contributed by atoms with E-state index in [0.717, 1.165) is 55.3 Å². The van der Waals surface area contributed by atoms with Crippen LogP contribution < -0.4 is 4.90 Å². The zero-order chi connectivity index (χ0) is 32.8. The molecule has 11 rings (SSSR count). The van der Waals surface area contributed by atoms with Crippen molar-refractivity contribution in [3.8, 4) is 11.5 Å². The highest BCUT2D eigenvalue weighted by molar-refractivity contribution is 7.26. The average Bonchev–Trinajstić information content (AvgIpc) is 3.88. The summed E-state index contributed by atoms with van der Waals surface area (Å²) in [6, 6.07) is 56.8. The van der Waals surface area contributed by atoms with Crippen molar-refractivity contribution in [3.63, 3.8) is 0 Å². The fourth-order valence-corrected chi connectivity index (χ4v) is 9.68. The van der Waals surface area contributed by atoms with Gasteiger partial charge < -0.3 is 9.32 Å². The van der Waals surface area contributed by atoms with Gasteiger partial charge in [0.05, 0.1) is 0 Å². The zero-order valence-corrected chi connectivity index (χ0v) is 28.3. The molecule has 0 aliphatic rings. The van der Waals surface area contributed by atoms with Crippen LogP contribution in [-0.4, -0.2) is 4.98 Å². The lowest BCUT2D eigenvalue weighted by Crippen LogP contribution is -2.09. The van der Waals surface area contributed by atoms with Gasteiger partial charge in [0.2, 0.25) is 5.89 Å². The maximum absolute atomic E-state index is 6.58. The van der Waals surface area contributed by atoms with Crippen LogP contribution in [0.2, 0.25) is 0 Å². The number of nitrogens with zero attached hydrogens (tertiary/aromatic N) is 2. The third-order valence-electron chi connectivity index (χ3n) is 9.85. The number of hydrogen-bond donors (Lipinski definition) is 0. The molecule has 0 atom stereocenters. The van der Waals surface area contributed by atoms with E-state index in [1.807, 2.05) is 53.0 Å². The summed E-state index contributed by atoms with van der Waals surface area (Å²) >= 11 is 3.70. The van der Waals surface area contributed by atoms with Crippen LogP contribution in [0.25, 0.3) is 84.4 Å². The van der Waals surface area contributed by atoms with Crippen LogP contribution in [0.15, 0.2) is 162 Å². The third kappa shape index (κ3) is 4.24. The highest BCUT2D eigenvalue weighted by Crippen LogP contribution is 2.45. The number of oxazole rings is 1. The summed E-state index contributed by atoms with van der Waals surface area (Å²) in [5.74, 6) is 0.635. The predicted octanol–water partition coefficient (Wildman–Crippen LogP) is 14.0. The molecule has 8 aromatic carbocycles. The summed E-state index contributed by atoms with van der Waals surface area (Å²) in [6.07, 6.45) is 0. The molecule has 0 aliphatic carbocycles. The lowest BCUT2D eigenvalue weighted by atomic mass is 10.00. The van der Waals surface area contributed by atoms with E-state index in [1.165, 1.54) is 40.3 Å². The first-order chi connectivity index (χ1) is 24.7. The predicted molar refractivity (Wildman–Crippen MR) is 215 cm³/mol. The maximum Gasteiger partial charge on any atom is 0.227 e. The van der Waals surface area contributed by atoms with Crippen LogP contribution in [0, 0.1) is 0 Å². The third-order valence-corrected chi connectivity index (χ3v) is 12.2. The summed E-state index contributed by atoms with van der Waals surface area (Å²) in [7, 11) is 0. The Labute approximate surface area is 294 Å². The minimum atomic E-state index is 0.635. The second kappa shape index (κ2) is 10.7. The summed E-state index contributed by atoms with van der Waals surface area (Å²) in [6.45, 7) is 0. The first kappa shape index (κ1) is 27.9. The Morgan fingerprint density at radius 1 is 0.440 bits per heavy atom. The maximum atomic E-state index is 6.58. The molecule has 11 aromatic rings. The van der Waals surface area contributed by atoms with Gasteiger partial charge in [0.1, 0.15) is 5.52 Å². The van der Waals surface area contributed by atoms with Crippen LogP contribution >= 0.6 is 22.7 Å². The number of benzene rings is 8. The highest BCUT2D eigenvalue weighted by Gasteiger charge is 2.19. The fourth-order valence-electron chi connectivity index (χ4n) is 7.51. The van der Waals surface area contributed by atoms with Gasteiger partial charge in [-0.2, -0.15) is 0 Å². The zero-order valence-electron chi connectivity index (χ0n) is 26.6. The van der Waals surface area contributed by atoms with Gasteiger partial charge >= 0.3 is 0 Å². The largest absolute Gasteiger partial charge is 0.435 e. The molecule has 0 fully saturated rings. The van der Waals surface area contributed by atoms with E-state index >= 15 is 0 Å². The molecule has 0 unspecified atom stereocenters. The normalized spacial score (nSPS) is 12.0. The Kier molecular flexibility index (Phi) is 5.99. The number of hydrogen-bond acceptors (Lipinski definition) is 5. The molecule has 0 aliphatic heterocycles. The van der Waals surface area contributed by atoms with E-state index in [9.17, 15) is 0 Å². The SMILES string of the molecule is c1ccc(-c2nc3ccc4ccc5ccc(N(c6ccc7sc8ccccc8c7c6)c6ccc7sc8ccccc8c7c6)cc5c4c3o2)cc1. The van der Waals surface area contributed by atoms with E-state index in [2.05, 4.69) is 132 Å². The molecule has 0 saturated heterocycles. The smallest absolute Gasteiger partial charge is 0.227 e. The molecule has 3 aromatic heterocycles. The number of anilines is 3. The topological polar surface area (TPSA) is 29.3 Å². The first-order valence-corrected chi connectivity index (χ1v) is 18.3. The van der Waals surface area contributed by atoms with Crippen LogP contribution in [-0.2, 0) is 0 Å². The monoisotopic (exact) mass is 674 g/mol. The highest BCUT2D eigenvalue weighted by atomic mass is 32.1. The van der Waals surface area contributed by atoms with Gasteiger partial charge in [-0.3, -0.25) is 0 Å². The molecule has 0 saturated carbocycles. The lowest BCUT2D eigenvalue weighted by molar-refractivity contribution is 0.623. The van der Waals surface area contributed by atoms with Crippen molar-refractivity contribution < 1.29 is 4.42 Å². The minimum absolute atomic E-state index is 0.635. The molecule has 50 heavy (non-hydrogen) atoms. The number of fused-ring (bicyclic) bond motifs is 11. The molecular formula is C45H26N2OS2. The van der Waals surface area contributed by atoms with Gasteiger partial charge in [0.25, 0.3) is 0 Å². The molecule has 0 spiro atoms. The quantitative estimate of drug-likeness (QED) is 0.174. The van der Waals surface area contributed by atoms with E-state index in [4.69, 9.17) is 9.40 Å². The van der Waals surface area contributed by atoms with Crippen LogP contribution in [0.4, 0.5) is 17.1 Å². The Morgan fingerprint density at radius 2 is 0.960 bits per heavy atom. The van der Waals surface area contributed by atoms with Gasteiger partial charge in [-0.25, -0.2) is 4.98 Å². The fraction of sp³-hybridized carbons (Fsp3) is 0. The summed E-state index contributed by atoms with van der Waals surface area (Å²) in [5, 5.41) is 9.63. The molecule has 234 valence electrons. The number of aromatic nitrogens is 1. The summed E-state index contributed by atoms with van der Waals surface area (Å²) < 4.78 is 11.8. The molecular weight excluding hydrogens is 649 g/mol. The number of thiophene rings is 2. The first-order valence-electron chi connectivity index (χ1n) is 16.7. The Hall–Kier alpha value is -6.01. The van der Waals surface area contributed by atoms with Gasteiger partial charge in [0.15, 0.2) is 5.58 Å². The van der Waals surface area contributed by atoms with E-state index < -0.39 is 0 Å². The minimum Gasteiger partial charge on any atom is -0.435 e. The molecule has 0 N–H and O–H groups in total. The Bertz CT molecular complexity index is 3000. The second-order valence-electron chi connectivity index (χ2n) is 12.8. The van der Waals surface area contributed by atoms with Gasteiger partial charge in [-0.05, 0) is 95.0 Å². The molecule has 5 heteroatoms. The van der Waals surface area contributed by atoms with E-state index in [1.54, 1.807) is 0 Å². The molecule has 0 amide bonds. The molecule has 3 nitrogen and oxygen atoms in total. The van der Waals surface area contributed by atoms with Crippen molar-refractivity contribution in [2.45, 2.75) is 0 Å². The second-order valence-corrected chi connectivity index (χ2v) is 14.9. The van der Waals surface area contributed by atoms with E-state index in [0.29, 0.717) is 5.89 Å². The van der Waals surface area contributed by atoms with Crippen molar-refractivity contribution in [1.29, 1.82) is 0 Å². The molecule has 3 heterocycles. The summed E-state index contributed by atoms with van der Waals surface area (Å²) in [5.41, 5.74) is 5.97.